The highest BCUT2D eigenvalue weighted by molar-refractivity contribution is 5.13. The predicted molar refractivity (Wildman–Crippen MR) is 62.2 cm³/mol. The van der Waals surface area contributed by atoms with Gasteiger partial charge in [-0.2, -0.15) is 0 Å². The summed E-state index contributed by atoms with van der Waals surface area (Å²) in [4.78, 5) is 4.77. The molecule has 0 radical (unpaired) electrons. The molecule has 0 fully saturated rings. The van der Waals surface area contributed by atoms with E-state index in [-0.39, 0.29) is 0 Å². The Balaban J connectivity index is 2.26. The number of aromatic nitrogens is 2. The SMILES string of the molecule is CNCC1CCCn2cc(C(C)C)nc21. The van der Waals surface area contributed by atoms with Crippen molar-refractivity contribution in [2.24, 2.45) is 0 Å². The number of hydrogen-bond acceptors (Lipinski definition) is 2. The van der Waals surface area contributed by atoms with Gasteiger partial charge < -0.3 is 9.88 Å². The molecule has 2 rings (SSSR count). The van der Waals surface area contributed by atoms with Crippen molar-refractivity contribution < 1.29 is 0 Å². The molecule has 15 heavy (non-hydrogen) atoms. The van der Waals surface area contributed by atoms with Gasteiger partial charge in [-0.3, -0.25) is 0 Å². The second-order valence-electron chi connectivity index (χ2n) is 4.77. The van der Waals surface area contributed by atoms with Crippen LogP contribution < -0.4 is 5.32 Å². The molecule has 1 atom stereocenters. The molecule has 1 aliphatic rings. The molecule has 0 spiro atoms. The maximum Gasteiger partial charge on any atom is 0.113 e. The van der Waals surface area contributed by atoms with E-state index < -0.39 is 0 Å². The summed E-state index contributed by atoms with van der Waals surface area (Å²) >= 11 is 0. The van der Waals surface area contributed by atoms with Crippen LogP contribution in [0.2, 0.25) is 0 Å². The Morgan fingerprint density at radius 3 is 3.07 bits per heavy atom. The van der Waals surface area contributed by atoms with Crippen LogP contribution in [0.4, 0.5) is 0 Å². The summed E-state index contributed by atoms with van der Waals surface area (Å²) in [5.41, 5.74) is 1.24. The van der Waals surface area contributed by atoms with Gasteiger partial charge in [0.25, 0.3) is 0 Å². The fraction of sp³-hybridized carbons (Fsp3) is 0.750. The van der Waals surface area contributed by atoms with Crippen LogP contribution in [0.3, 0.4) is 0 Å². The second kappa shape index (κ2) is 4.35. The van der Waals surface area contributed by atoms with Gasteiger partial charge in [0.15, 0.2) is 0 Å². The van der Waals surface area contributed by atoms with Gasteiger partial charge in [0, 0.05) is 25.2 Å². The lowest BCUT2D eigenvalue weighted by atomic mass is 9.99. The highest BCUT2D eigenvalue weighted by Gasteiger charge is 2.22. The van der Waals surface area contributed by atoms with E-state index in [1.54, 1.807) is 0 Å². The van der Waals surface area contributed by atoms with Gasteiger partial charge in [-0.15, -0.1) is 0 Å². The maximum atomic E-state index is 4.77. The number of nitrogens with zero attached hydrogens (tertiary/aromatic N) is 2. The fourth-order valence-electron chi connectivity index (χ4n) is 2.31. The Morgan fingerprint density at radius 1 is 1.60 bits per heavy atom. The van der Waals surface area contributed by atoms with Gasteiger partial charge in [0.05, 0.1) is 5.69 Å². The van der Waals surface area contributed by atoms with E-state index in [9.17, 15) is 0 Å². The third-order valence-corrected chi connectivity index (χ3v) is 3.18. The zero-order valence-corrected chi connectivity index (χ0v) is 9.95. The summed E-state index contributed by atoms with van der Waals surface area (Å²) < 4.78 is 2.35. The van der Waals surface area contributed by atoms with E-state index in [2.05, 4.69) is 29.9 Å². The lowest BCUT2D eigenvalue weighted by Crippen LogP contribution is -2.24. The number of nitrogens with one attached hydrogen (secondary N) is 1. The summed E-state index contributed by atoms with van der Waals surface area (Å²) in [7, 11) is 2.02. The summed E-state index contributed by atoms with van der Waals surface area (Å²) in [6.07, 6.45) is 4.80. The maximum absolute atomic E-state index is 4.77. The third-order valence-electron chi connectivity index (χ3n) is 3.18. The first kappa shape index (κ1) is 10.7. The molecule has 1 N–H and O–H groups in total. The zero-order chi connectivity index (χ0) is 10.8. The average molecular weight is 207 g/mol. The Labute approximate surface area is 91.9 Å². The van der Waals surface area contributed by atoms with Gasteiger partial charge >= 0.3 is 0 Å². The van der Waals surface area contributed by atoms with Crippen molar-refractivity contribution >= 4 is 0 Å². The highest BCUT2D eigenvalue weighted by atomic mass is 15.1. The van der Waals surface area contributed by atoms with Crippen molar-refractivity contribution in [3.8, 4) is 0 Å². The number of imidazole rings is 1. The minimum atomic E-state index is 0.540. The van der Waals surface area contributed by atoms with Crippen molar-refractivity contribution in [3.05, 3.63) is 17.7 Å². The summed E-state index contributed by atoms with van der Waals surface area (Å²) in [5.74, 6) is 2.44. The Bertz CT molecular complexity index is 328. The van der Waals surface area contributed by atoms with Crippen molar-refractivity contribution in [2.45, 2.75) is 45.1 Å². The summed E-state index contributed by atoms with van der Waals surface area (Å²) in [6, 6.07) is 0. The van der Waals surface area contributed by atoms with E-state index in [0.717, 1.165) is 13.1 Å². The topological polar surface area (TPSA) is 29.9 Å². The van der Waals surface area contributed by atoms with Crippen LogP contribution in [0.5, 0.6) is 0 Å². The van der Waals surface area contributed by atoms with Crippen LogP contribution in [-0.2, 0) is 6.54 Å². The van der Waals surface area contributed by atoms with Crippen LogP contribution in [0, 0.1) is 0 Å². The molecule has 1 aromatic heterocycles. The molecule has 1 aliphatic heterocycles. The largest absolute Gasteiger partial charge is 0.334 e. The third kappa shape index (κ3) is 2.07. The second-order valence-corrected chi connectivity index (χ2v) is 4.77. The quantitative estimate of drug-likeness (QED) is 0.822. The highest BCUT2D eigenvalue weighted by Crippen LogP contribution is 2.27. The molecule has 2 heterocycles. The van der Waals surface area contributed by atoms with Gasteiger partial charge in [-0.25, -0.2) is 4.98 Å². The van der Waals surface area contributed by atoms with Crippen molar-refractivity contribution in [1.29, 1.82) is 0 Å². The molecule has 84 valence electrons. The molecule has 0 aromatic carbocycles. The van der Waals surface area contributed by atoms with Crippen LogP contribution >= 0.6 is 0 Å². The minimum absolute atomic E-state index is 0.540. The van der Waals surface area contributed by atoms with E-state index >= 15 is 0 Å². The molecule has 1 unspecified atom stereocenters. The van der Waals surface area contributed by atoms with Gasteiger partial charge in [-0.05, 0) is 25.8 Å². The standard InChI is InChI=1S/C12H21N3/c1-9(2)11-8-15-6-4-5-10(7-13-3)12(15)14-11/h8-10,13H,4-7H2,1-3H3. The van der Waals surface area contributed by atoms with E-state index in [1.807, 2.05) is 7.05 Å². The lowest BCUT2D eigenvalue weighted by molar-refractivity contribution is 0.432. The molecule has 0 saturated carbocycles. The molecule has 3 heteroatoms. The van der Waals surface area contributed by atoms with E-state index in [0.29, 0.717) is 11.8 Å². The van der Waals surface area contributed by atoms with Gasteiger partial charge in [-0.1, -0.05) is 13.8 Å². The number of aryl methyl sites for hydroxylation is 1. The lowest BCUT2D eigenvalue weighted by Gasteiger charge is -2.22. The van der Waals surface area contributed by atoms with Crippen LogP contribution in [0.15, 0.2) is 6.20 Å². The molecule has 0 saturated heterocycles. The predicted octanol–water partition coefficient (Wildman–Crippen LogP) is 2.10. The van der Waals surface area contributed by atoms with Crippen LogP contribution in [0.1, 0.15) is 50.0 Å². The molecule has 1 aromatic rings. The van der Waals surface area contributed by atoms with E-state index in [4.69, 9.17) is 4.98 Å². The first-order chi connectivity index (χ1) is 7.22. The van der Waals surface area contributed by atoms with Crippen molar-refractivity contribution in [1.82, 2.24) is 14.9 Å². The number of hydrogen-bond donors (Lipinski definition) is 1. The average Bonchev–Trinajstić information content (AvgIpc) is 2.63. The van der Waals surface area contributed by atoms with Crippen molar-refractivity contribution in [2.75, 3.05) is 13.6 Å². The summed E-state index contributed by atoms with van der Waals surface area (Å²) in [6.45, 7) is 6.62. The normalized spacial score (nSPS) is 20.7. The van der Waals surface area contributed by atoms with Crippen molar-refractivity contribution in [3.63, 3.8) is 0 Å². The molecule has 0 bridgehead atoms. The smallest absolute Gasteiger partial charge is 0.113 e. The Morgan fingerprint density at radius 2 is 2.40 bits per heavy atom. The Hall–Kier alpha value is -0.830. The Kier molecular flexibility index (Phi) is 3.10. The minimum Gasteiger partial charge on any atom is -0.334 e. The first-order valence-electron chi connectivity index (χ1n) is 5.94. The van der Waals surface area contributed by atoms with Crippen LogP contribution in [0.25, 0.3) is 0 Å². The molecule has 0 aliphatic carbocycles. The number of rotatable bonds is 3. The first-order valence-corrected chi connectivity index (χ1v) is 5.94. The molecule has 3 nitrogen and oxygen atoms in total. The summed E-state index contributed by atoms with van der Waals surface area (Å²) in [5, 5.41) is 3.26. The molecular weight excluding hydrogens is 186 g/mol. The molecule has 0 amide bonds. The molecular formula is C12H21N3. The zero-order valence-electron chi connectivity index (χ0n) is 9.95. The number of fused-ring (bicyclic) bond motifs is 1. The number of likely N-dealkylation sites (N-methyl/N-ethyl adjacent to an activating group) is 1. The van der Waals surface area contributed by atoms with Crippen LogP contribution in [-0.4, -0.2) is 23.1 Å². The van der Waals surface area contributed by atoms with Gasteiger partial charge in [0.2, 0.25) is 0 Å². The van der Waals surface area contributed by atoms with Gasteiger partial charge in [0.1, 0.15) is 5.82 Å². The fourth-order valence-corrected chi connectivity index (χ4v) is 2.31. The van der Waals surface area contributed by atoms with E-state index in [1.165, 1.54) is 24.4 Å². The monoisotopic (exact) mass is 207 g/mol.